The first-order valence-electron chi connectivity index (χ1n) is 6.44. The molecular weight excluding hydrogens is 231 g/mol. The van der Waals surface area contributed by atoms with Crippen molar-refractivity contribution < 1.29 is 9.18 Å². The molecule has 98 valence electrons. The van der Waals surface area contributed by atoms with Crippen molar-refractivity contribution in [1.82, 2.24) is 4.90 Å². The molecule has 1 aliphatic rings. The Labute approximate surface area is 107 Å². The van der Waals surface area contributed by atoms with Crippen molar-refractivity contribution in [3.05, 3.63) is 35.6 Å². The van der Waals surface area contributed by atoms with Crippen LogP contribution in [-0.2, 0) is 4.79 Å². The van der Waals surface area contributed by atoms with Crippen molar-refractivity contribution in [2.45, 2.75) is 38.3 Å². The van der Waals surface area contributed by atoms with Crippen LogP contribution in [0, 0.1) is 5.82 Å². The first kappa shape index (κ1) is 13.0. The molecule has 1 aliphatic heterocycles. The number of likely N-dealkylation sites (tertiary alicyclic amines) is 1. The number of benzene rings is 1. The number of carbonyl (C=O) groups is 1. The predicted molar refractivity (Wildman–Crippen MR) is 68.4 cm³/mol. The van der Waals surface area contributed by atoms with Crippen molar-refractivity contribution >= 4 is 5.91 Å². The molecule has 2 N–H and O–H groups in total. The maximum absolute atomic E-state index is 13.3. The van der Waals surface area contributed by atoms with Gasteiger partial charge < -0.3 is 10.6 Å². The summed E-state index contributed by atoms with van der Waals surface area (Å²) in [6.45, 7) is 2.70. The Bertz CT molecular complexity index is 436. The number of piperidine rings is 1. The molecule has 1 aromatic rings. The van der Waals surface area contributed by atoms with Crippen LogP contribution in [0.25, 0.3) is 0 Å². The topological polar surface area (TPSA) is 46.3 Å². The monoisotopic (exact) mass is 250 g/mol. The maximum Gasteiger partial charge on any atom is 0.223 e. The van der Waals surface area contributed by atoms with Crippen LogP contribution in [0.2, 0.25) is 0 Å². The summed E-state index contributed by atoms with van der Waals surface area (Å²) < 4.78 is 13.3. The molecule has 1 saturated heterocycles. The summed E-state index contributed by atoms with van der Waals surface area (Å²) in [5.74, 6) is -0.165. The summed E-state index contributed by atoms with van der Waals surface area (Å²) in [4.78, 5) is 13.8. The third-order valence-electron chi connectivity index (χ3n) is 3.41. The SMILES string of the molecule is CCCN1C(=O)CCC(N)C1c1cccc(F)c1. The summed E-state index contributed by atoms with van der Waals surface area (Å²) in [7, 11) is 0. The van der Waals surface area contributed by atoms with Gasteiger partial charge in [-0.25, -0.2) is 4.39 Å². The third kappa shape index (κ3) is 2.53. The van der Waals surface area contributed by atoms with Gasteiger partial charge in [-0.15, -0.1) is 0 Å². The summed E-state index contributed by atoms with van der Waals surface area (Å²) in [6, 6.07) is 6.09. The van der Waals surface area contributed by atoms with Crippen LogP contribution in [0.3, 0.4) is 0 Å². The molecular formula is C14H19FN2O. The van der Waals surface area contributed by atoms with E-state index >= 15 is 0 Å². The van der Waals surface area contributed by atoms with Gasteiger partial charge in [0.1, 0.15) is 5.82 Å². The lowest BCUT2D eigenvalue weighted by Gasteiger charge is -2.40. The Morgan fingerprint density at radius 1 is 1.50 bits per heavy atom. The van der Waals surface area contributed by atoms with Crippen LogP contribution in [0.1, 0.15) is 37.8 Å². The number of hydrogen-bond donors (Lipinski definition) is 1. The number of hydrogen-bond acceptors (Lipinski definition) is 2. The van der Waals surface area contributed by atoms with Crippen molar-refractivity contribution in [1.29, 1.82) is 0 Å². The molecule has 18 heavy (non-hydrogen) atoms. The molecule has 0 saturated carbocycles. The number of carbonyl (C=O) groups excluding carboxylic acids is 1. The molecule has 0 radical (unpaired) electrons. The zero-order valence-corrected chi connectivity index (χ0v) is 10.6. The second-order valence-corrected chi connectivity index (χ2v) is 4.79. The molecule has 0 aromatic heterocycles. The minimum atomic E-state index is -0.283. The van der Waals surface area contributed by atoms with E-state index in [0.29, 0.717) is 19.4 Å². The smallest absolute Gasteiger partial charge is 0.223 e. The minimum absolute atomic E-state index is 0.115. The maximum atomic E-state index is 13.3. The van der Waals surface area contributed by atoms with Crippen molar-refractivity contribution in [2.75, 3.05) is 6.54 Å². The van der Waals surface area contributed by atoms with E-state index in [9.17, 15) is 9.18 Å². The van der Waals surface area contributed by atoms with E-state index in [1.807, 2.05) is 13.0 Å². The van der Waals surface area contributed by atoms with Crippen molar-refractivity contribution in [3.63, 3.8) is 0 Å². The highest BCUT2D eigenvalue weighted by atomic mass is 19.1. The minimum Gasteiger partial charge on any atom is -0.334 e. The fourth-order valence-corrected chi connectivity index (χ4v) is 2.60. The predicted octanol–water partition coefficient (Wildman–Crippen LogP) is 2.23. The van der Waals surface area contributed by atoms with E-state index in [4.69, 9.17) is 5.73 Å². The zero-order valence-electron chi connectivity index (χ0n) is 10.6. The highest BCUT2D eigenvalue weighted by molar-refractivity contribution is 5.78. The second-order valence-electron chi connectivity index (χ2n) is 4.79. The molecule has 1 amide bonds. The van der Waals surface area contributed by atoms with Gasteiger partial charge in [-0.05, 0) is 30.5 Å². The first-order chi connectivity index (χ1) is 8.63. The Kier molecular flexibility index (Phi) is 3.97. The third-order valence-corrected chi connectivity index (χ3v) is 3.41. The molecule has 0 spiro atoms. The van der Waals surface area contributed by atoms with Gasteiger partial charge in [-0.2, -0.15) is 0 Å². The van der Waals surface area contributed by atoms with E-state index in [0.717, 1.165) is 12.0 Å². The van der Waals surface area contributed by atoms with E-state index in [2.05, 4.69) is 0 Å². The van der Waals surface area contributed by atoms with Gasteiger partial charge in [0, 0.05) is 19.0 Å². The van der Waals surface area contributed by atoms with Gasteiger partial charge in [0.2, 0.25) is 5.91 Å². The standard InChI is InChI=1S/C14H19FN2O/c1-2-8-17-13(18)7-6-12(16)14(17)10-4-3-5-11(15)9-10/h3-5,9,12,14H,2,6-8,16H2,1H3. The van der Waals surface area contributed by atoms with Crippen LogP contribution < -0.4 is 5.73 Å². The van der Waals surface area contributed by atoms with Crippen LogP contribution in [0.15, 0.2) is 24.3 Å². The van der Waals surface area contributed by atoms with Gasteiger partial charge in [0.15, 0.2) is 0 Å². The quantitative estimate of drug-likeness (QED) is 0.894. The number of rotatable bonds is 3. The number of halogens is 1. The lowest BCUT2D eigenvalue weighted by molar-refractivity contribution is -0.137. The number of nitrogens with two attached hydrogens (primary N) is 1. The normalized spacial score (nSPS) is 24.4. The second kappa shape index (κ2) is 5.48. The molecule has 1 heterocycles. The van der Waals surface area contributed by atoms with E-state index in [1.54, 1.807) is 11.0 Å². The lowest BCUT2D eigenvalue weighted by Crippen LogP contribution is -2.49. The van der Waals surface area contributed by atoms with E-state index in [-0.39, 0.29) is 23.8 Å². The molecule has 1 fully saturated rings. The molecule has 3 nitrogen and oxygen atoms in total. The average molecular weight is 250 g/mol. The first-order valence-corrected chi connectivity index (χ1v) is 6.44. The van der Waals surface area contributed by atoms with Gasteiger partial charge in [0.25, 0.3) is 0 Å². The van der Waals surface area contributed by atoms with Crippen molar-refractivity contribution in [2.24, 2.45) is 5.73 Å². The van der Waals surface area contributed by atoms with Gasteiger partial charge in [0.05, 0.1) is 6.04 Å². The Hall–Kier alpha value is -1.42. The Morgan fingerprint density at radius 3 is 2.94 bits per heavy atom. The summed E-state index contributed by atoms with van der Waals surface area (Å²) >= 11 is 0. The molecule has 0 aliphatic carbocycles. The summed E-state index contributed by atoms with van der Waals surface area (Å²) in [5.41, 5.74) is 6.92. The Morgan fingerprint density at radius 2 is 2.28 bits per heavy atom. The van der Waals surface area contributed by atoms with E-state index in [1.165, 1.54) is 12.1 Å². The van der Waals surface area contributed by atoms with Crippen molar-refractivity contribution in [3.8, 4) is 0 Å². The average Bonchev–Trinajstić information content (AvgIpc) is 2.34. The lowest BCUT2D eigenvalue weighted by atomic mass is 9.90. The summed E-state index contributed by atoms with van der Waals surface area (Å²) in [6.07, 6.45) is 2.04. The molecule has 0 bridgehead atoms. The molecule has 4 heteroatoms. The number of nitrogens with zero attached hydrogens (tertiary/aromatic N) is 1. The number of amides is 1. The van der Waals surface area contributed by atoms with Gasteiger partial charge in [-0.1, -0.05) is 19.1 Å². The summed E-state index contributed by atoms with van der Waals surface area (Å²) in [5, 5.41) is 0. The molecule has 1 aromatic carbocycles. The van der Waals surface area contributed by atoms with Gasteiger partial charge >= 0.3 is 0 Å². The van der Waals surface area contributed by atoms with Gasteiger partial charge in [-0.3, -0.25) is 4.79 Å². The fourth-order valence-electron chi connectivity index (χ4n) is 2.60. The molecule has 2 rings (SSSR count). The van der Waals surface area contributed by atoms with Crippen LogP contribution in [-0.4, -0.2) is 23.4 Å². The van der Waals surface area contributed by atoms with Crippen LogP contribution in [0.4, 0.5) is 4.39 Å². The zero-order chi connectivity index (χ0) is 13.1. The fraction of sp³-hybridized carbons (Fsp3) is 0.500. The molecule has 2 unspecified atom stereocenters. The largest absolute Gasteiger partial charge is 0.334 e. The molecule has 2 atom stereocenters. The Balaban J connectivity index is 2.33. The highest BCUT2D eigenvalue weighted by Crippen LogP contribution is 2.31. The van der Waals surface area contributed by atoms with E-state index < -0.39 is 0 Å². The van der Waals surface area contributed by atoms with Crippen LogP contribution >= 0.6 is 0 Å². The van der Waals surface area contributed by atoms with Crippen LogP contribution in [0.5, 0.6) is 0 Å². The highest BCUT2D eigenvalue weighted by Gasteiger charge is 2.34.